The second-order valence-corrected chi connectivity index (χ2v) is 4.98. The lowest BCUT2D eigenvalue weighted by Gasteiger charge is -2.12. The molecule has 0 amide bonds. The summed E-state index contributed by atoms with van der Waals surface area (Å²) in [4.78, 5) is 0. The van der Waals surface area contributed by atoms with Crippen LogP contribution in [0.2, 0.25) is 0 Å². The van der Waals surface area contributed by atoms with Crippen molar-refractivity contribution in [2.24, 2.45) is 0 Å². The van der Waals surface area contributed by atoms with Crippen molar-refractivity contribution in [2.45, 2.75) is 12.5 Å². The van der Waals surface area contributed by atoms with Crippen molar-refractivity contribution in [3.05, 3.63) is 69.4 Å². The Hall–Kier alpha value is -1.33. The van der Waals surface area contributed by atoms with E-state index >= 15 is 0 Å². The third-order valence-electron chi connectivity index (χ3n) is 2.76. The fourth-order valence-electron chi connectivity index (χ4n) is 1.73. The molecule has 0 fully saturated rings. The van der Waals surface area contributed by atoms with Gasteiger partial charge in [0.25, 0.3) is 0 Å². The summed E-state index contributed by atoms with van der Waals surface area (Å²) in [5.74, 6) is -2.36. The van der Waals surface area contributed by atoms with E-state index in [0.717, 1.165) is 12.1 Å². The lowest BCUT2D eigenvalue weighted by Crippen LogP contribution is -2.03. The molecule has 5 heteroatoms. The van der Waals surface area contributed by atoms with Gasteiger partial charge < -0.3 is 5.11 Å². The van der Waals surface area contributed by atoms with Gasteiger partial charge in [-0.25, -0.2) is 13.2 Å². The second-order valence-electron chi connectivity index (χ2n) is 4.13. The van der Waals surface area contributed by atoms with E-state index in [4.69, 9.17) is 0 Å². The van der Waals surface area contributed by atoms with Gasteiger partial charge in [-0.3, -0.25) is 0 Å². The maximum atomic E-state index is 13.1. The average Bonchev–Trinajstić information content (AvgIpc) is 2.36. The van der Waals surface area contributed by atoms with E-state index in [1.54, 1.807) is 0 Å². The summed E-state index contributed by atoms with van der Waals surface area (Å²) in [7, 11) is 0. The van der Waals surface area contributed by atoms with E-state index in [2.05, 4.69) is 15.9 Å². The molecule has 0 aliphatic rings. The van der Waals surface area contributed by atoms with Crippen molar-refractivity contribution >= 4 is 15.9 Å². The van der Waals surface area contributed by atoms with Gasteiger partial charge in [-0.05, 0) is 35.4 Å². The molecule has 100 valence electrons. The zero-order valence-corrected chi connectivity index (χ0v) is 11.3. The van der Waals surface area contributed by atoms with Gasteiger partial charge in [0.05, 0.1) is 6.10 Å². The predicted molar refractivity (Wildman–Crippen MR) is 69.1 cm³/mol. The van der Waals surface area contributed by atoms with Gasteiger partial charge in [-0.15, -0.1) is 0 Å². The van der Waals surface area contributed by atoms with Crippen LogP contribution in [0.1, 0.15) is 17.2 Å². The Morgan fingerprint density at radius 3 is 2.37 bits per heavy atom. The highest BCUT2D eigenvalue weighted by molar-refractivity contribution is 9.10. The number of rotatable bonds is 3. The van der Waals surface area contributed by atoms with Gasteiger partial charge in [0.2, 0.25) is 0 Å². The van der Waals surface area contributed by atoms with E-state index in [1.165, 1.54) is 24.3 Å². The molecule has 0 aliphatic carbocycles. The molecule has 0 bridgehead atoms. The quantitative estimate of drug-likeness (QED) is 0.896. The van der Waals surface area contributed by atoms with Crippen molar-refractivity contribution in [3.63, 3.8) is 0 Å². The summed E-state index contributed by atoms with van der Waals surface area (Å²) in [5, 5.41) is 9.98. The van der Waals surface area contributed by atoms with Crippen LogP contribution >= 0.6 is 15.9 Å². The van der Waals surface area contributed by atoms with Crippen molar-refractivity contribution in [1.29, 1.82) is 0 Å². The number of hydrogen-bond donors (Lipinski definition) is 1. The van der Waals surface area contributed by atoms with Crippen LogP contribution < -0.4 is 0 Å². The zero-order chi connectivity index (χ0) is 14.0. The smallest absolute Gasteiger partial charge is 0.159 e. The summed E-state index contributed by atoms with van der Waals surface area (Å²) in [6.07, 6.45) is -0.816. The Balaban J connectivity index is 2.20. The molecule has 2 aromatic carbocycles. The molecule has 0 aliphatic heterocycles. The second kappa shape index (κ2) is 5.75. The molecule has 1 unspecified atom stereocenters. The first-order valence-electron chi connectivity index (χ1n) is 5.54. The van der Waals surface area contributed by atoms with Crippen LogP contribution in [-0.2, 0) is 6.42 Å². The Kier molecular flexibility index (Phi) is 4.27. The van der Waals surface area contributed by atoms with Gasteiger partial charge in [-0.2, -0.15) is 0 Å². The molecule has 0 spiro atoms. The molecule has 2 rings (SSSR count). The molecule has 19 heavy (non-hydrogen) atoms. The highest BCUT2D eigenvalue weighted by Crippen LogP contribution is 2.25. The van der Waals surface area contributed by atoms with Crippen LogP contribution in [0.3, 0.4) is 0 Å². The summed E-state index contributed by atoms with van der Waals surface area (Å²) >= 11 is 3.19. The van der Waals surface area contributed by atoms with Crippen molar-refractivity contribution < 1.29 is 18.3 Å². The Labute approximate surface area is 116 Å². The monoisotopic (exact) mass is 330 g/mol. The average molecular weight is 331 g/mol. The summed E-state index contributed by atoms with van der Waals surface area (Å²) in [6, 6.07) is 7.33. The van der Waals surface area contributed by atoms with E-state index < -0.39 is 23.6 Å². The third-order valence-corrected chi connectivity index (χ3v) is 3.50. The summed E-state index contributed by atoms with van der Waals surface area (Å²) in [5.41, 5.74) is 0.953. The lowest BCUT2D eigenvalue weighted by molar-refractivity contribution is 0.177. The normalized spacial score (nSPS) is 12.5. The standard InChI is InChI=1S/C14H10BrF3O/c15-11-7-10(16)3-1-8(11)6-14(19)9-2-4-12(17)13(18)5-9/h1-5,7,14,19H,6H2. The summed E-state index contributed by atoms with van der Waals surface area (Å²) < 4.78 is 39.3. The maximum absolute atomic E-state index is 13.1. The van der Waals surface area contributed by atoms with E-state index in [9.17, 15) is 18.3 Å². The lowest BCUT2D eigenvalue weighted by atomic mass is 10.0. The van der Waals surface area contributed by atoms with E-state index in [1.807, 2.05) is 0 Å². The number of hydrogen-bond acceptors (Lipinski definition) is 1. The minimum Gasteiger partial charge on any atom is -0.388 e. The Morgan fingerprint density at radius 1 is 1.00 bits per heavy atom. The first-order chi connectivity index (χ1) is 8.97. The van der Waals surface area contributed by atoms with Crippen LogP contribution in [0.4, 0.5) is 13.2 Å². The minimum absolute atomic E-state index is 0.173. The number of aliphatic hydroxyl groups is 1. The van der Waals surface area contributed by atoms with Crippen molar-refractivity contribution in [3.8, 4) is 0 Å². The largest absolute Gasteiger partial charge is 0.388 e. The first kappa shape index (κ1) is 14.1. The minimum atomic E-state index is -1.00. The van der Waals surface area contributed by atoms with Gasteiger partial charge in [-0.1, -0.05) is 28.1 Å². The van der Waals surface area contributed by atoms with Crippen LogP contribution in [0.5, 0.6) is 0 Å². The molecule has 0 saturated carbocycles. The fourth-order valence-corrected chi connectivity index (χ4v) is 2.25. The highest BCUT2D eigenvalue weighted by Gasteiger charge is 2.13. The molecule has 2 aromatic rings. The zero-order valence-electron chi connectivity index (χ0n) is 9.71. The molecule has 0 heterocycles. The molecular formula is C14H10BrF3O. The van der Waals surface area contributed by atoms with Crippen LogP contribution in [0.25, 0.3) is 0 Å². The SMILES string of the molecule is OC(Cc1ccc(F)cc1Br)c1ccc(F)c(F)c1. The van der Waals surface area contributed by atoms with Crippen LogP contribution in [0, 0.1) is 17.5 Å². The Morgan fingerprint density at radius 2 is 1.74 bits per heavy atom. The van der Waals surface area contributed by atoms with E-state index in [-0.39, 0.29) is 12.0 Å². The number of aliphatic hydroxyl groups excluding tert-OH is 1. The molecule has 1 N–H and O–H groups in total. The van der Waals surface area contributed by atoms with Crippen molar-refractivity contribution in [2.75, 3.05) is 0 Å². The third kappa shape index (κ3) is 3.36. The van der Waals surface area contributed by atoms with Gasteiger partial charge in [0, 0.05) is 10.9 Å². The molecular weight excluding hydrogens is 321 g/mol. The molecule has 0 aromatic heterocycles. The Bertz CT molecular complexity index is 601. The van der Waals surface area contributed by atoms with Gasteiger partial charge in [0.15, 0.2) is 11.6 Å². The van der Waals surface area contributed by atoms with Crippen LogP contribution in [0.15, 0.2) is 40.9 Å². The molecule has 0 radical (unpaired) electrons. The first-order valence-corrected chi connectivity index (χ1v) is 6.33. The van der Waals surface area contributed by atoms with Crippen molar-refractivity contribution in [1.82, 2.24) is 0 Å². The highest BCUT2D eigenvalue weighted by atomic mass is 79.9. The predicted octanol–water partition coefficient (Wildman–Crippen LogP) is 4.14. The number of halogens is 4. The van der Waals surface area contributed by atoms with Gasteiger partial charge >= 0.3 is 0 Å². The number of benzene rings is 2. The maximum Gasteiger partial charge on any atom is 0.159 e. The van der Waals surface area contributed by atoms with E-state index in [0.29, 0.717) is 10.0 Å². The molecule has 1 atom stereocenters. The fraction of sp³-hybridized carbons (Fsp3) is 0.143. The van der Waals surface area contributed by atoms with Crippen LogP contribution in [-0.4, -0.2) is 5.11 Å². The topological polar surface area (TPSA) is 20.2 Å². The summed E-state index contributed by atoms with van der Waals surface area (Å²) in [6.45, 7) is 0. The molecule has 0 saturated heterocycles. The molecule has 1 nitrogen and oxygen atoms in total. The van der Waals surface area contributed by atoms with Gasteiger partial charge in [0.1, 0.15) is 5.82 Å².